The molecule has 0 atom stereocenters. The molecule has 31 heavy (non-hydrogen) atoms. The van der Waals surface area contributed by atoms with Crippen molar-refractivity contribution in [3.05, 3.63) is 64.0 Å². The van der Waals surface area contributed by atoms with Crippen LogP contribution in [0.3, 0.4) is 0 Å². The largest absolute Gasteiger partial charge is 0.326 e. The Kier molecular flexibility index (Phi) is 7.50. The summed E-state index contributed by atoms with van der Waals surface area (Å²) < 4.78 is 23.0. The van der Waals surface area contributed by atoms with Gasteiger partial charge in [0.1, 0.15) is 4.32 Å². The van der Waals surface area contributed by atoms with Crippen molar-refractivity contribution >= 4 is 73.5 Å². The van der Waals surface area contributed by atoms with E-state index in [1.807, 2.05) is 12.1 Å². The molecule has 1 aliphatic heterocycles. The molecular weight excluding hydrogens is 478 g/mol. The van der Waals surface area contributed by atoms with Crippen LogP contribution in [0.2, 0.25) is 5.02 Å². The zero-order valence-corrected chi connectivity index (χ0v) is 19.3. The summed E-state index contributed by atoms with van der Waals surface area (Å²) in [7, 11) is -3.78. The van der Waals surface area contributed by atoms with Crippen molar-refractivity contribution < 1.29 is 18.0 Å². The quantitative estimate of drug-likeness (QED) is 0.448. The first-order chi connectivity index (χ1) is 14.6. The molecule has 11 heteroatoms. The van der Waals surface area contributed by atoms with Gasteiger partial charge in [-0.25, -0.2) is 13.6 Å². The van der Waals surface area contributed by atoms with Crippen LogP contribution in [0.1, 0.15) is 18.4 Å². The summed E-state index contributed by atoms with van der Waals surface area (Å²) in [6.45, 7) is 0.320. The molecule has 0 unspecified atom stereocenters. The van der Waals surface area contributed by atoms with E-state index in [0.29, 0.717) is 32.9 Å². The zero-order valence-electron chi connectivity index (χ0n) is 16.1. The van der Waals surface area contributed by atoms with Gasteiger partial charge < -0.3 is 5.32 Å². The molecule has 1 saturated heterocycles. The molecule has 1 heterocycles. The van der Waals surface area contributed by atoms with Gasteiger partial charge >= 0.3 is 0 Å². The number of carbonyl (C=O) groups is 2. The van der Waals surface area contributed by atoms with Gasteiger partial charge in [-0.15, -0.1) is 0 Å². The van der Waals surface area contributed by atoms with E-state index in [1.165, 1.54) is 40.9 Å². The van der Waals surface area contributed by atoms with Crippen LogP contribution in [0.5, 0.6) is 0 Å². The Morgan fingerprint density at radius 2 is 1.81 bits per heavy atom. The lowest BCUT2D eigenvalue weighted by Gasteiger charge is -2.14. The number of primary sulfonamides is 1. The van der Waals surface area contributed by atoms with Crippen molar-refractivity contribution in [2.45, 2.75) is 17.7 Å². The minimum absolute atomic E-state index is 0.0356. The second kappa shape index (κ2) is 9.92. The first-order valence-electron chi connectivity index (χ1n) is 9.07. The second-order valence-electron chi connectivity index (χ2n) is 6.61. The summed E-state index contributed by atoms with van der Waals surface area (Å²) >= 11 is 12.4. The Morgan fingerprint density at radius 3 is 2.42 bits per heavy atom. The number of thioether (sulfide) groups is 1. The highest BCUT2D eigenvalue weighted by molar-refractivity contribution is 8.26. The molecule has 3 N–H and O–H groups in total. The van der Waals surface area contributed by atoms with Gasteiger partial charge in [0.25, 0.3) is 5.91 Å². The van der Waals surface area contributed by atoms with Crippen LogP contribution in [0.25, 0.3) is 6.08 Å². The zero-order chi connectivity index (χ0) is 22.6. The molecule has 162 valence electrons. The van der Waals surface area contributed by atoms with Crippen molar-refractivity contribution in [3.63, 3.8) is 0 Å². The molecule has 0 radical (unpaired) electrons. The molecule has 7 nitrogen and oxygen atoms in total. The van der Waals surface area contributed by atoms with Crippen molar-refractivity contribution in [2.75, 3.05) is 11.9 Å². The number of carbonyl (C=O) groups excluding carboxylic acids is 2. The number of hydrogen-bond donors (Lipinski definition) is 2. The summed E-state index contributed by atoms with van der Waals surface area (Å²) in [5, 5.41) is 8.34. The molecule has 0 saturated carbocycles. The molecule has 0 aromatic heterocycles. The van der Waals surface area contributed by atoms with Gasteiger partial charge in [0.05, 0.1) is 9.80 Å². The fraction of sp³-hybridized carbons (Fsp3) is 0.150. The fourth-order valence-corrected chi connectivity index (χ4v) is 4.70. The molecule has 2 amide bonds. The lowest BCUT2D eigenvalue weighted by atomic mass is 10.2. The van der Waals surface area contributed by atoms with Crippen LogP contribution in [-0.4, -0.2) is 36.0 Å². The number of nitrogens with two attached hydrogens (primary N) is 1. The predicted molar refractivity (Wildman–Crippen MR) is 127 cm³/mol. The molecule has 0 bridgehead atoms. The molecule has 1 fully saturated rings. The highest BCUT2D eigenvalue weighted by Crippen LogP contribution is 2.32. The predicted octanol–water partition coefficient (Wildman–Crippen LogP) is 3.61. The van der Waals surface area contributed by atoms with Crippen LogP contribution in [0.4, 0.5) is 5.69 Å². The Balaban J connectivity index is 1.51. The molecule has 0 aliphatic carbocycles. The molecule has 2 aromatic carbocycles. The third-order valence-electron chi connectivity index (χ3n) is 4.29. The third-order valence-corrected chi connectivity index (χ3v) is 6.85. The topological polar surface area (TPSA) is 110 Å². The summed E-state index contributed by atoms with van der Waals surface area (Å²) in [5.41, 5.74) is 1.30. The molecule has 3 rings (SSSR count). The highest BCUT2D eigenvalue weighted by Gasteiger charge is 2.31. The maximum Gasteiger partial charge on any atom is 0.266 e. The van der Waals surface area contributed by atoms with Crippen LogP contribution in [-0.2, 0) is 19.6 Å². The average Bonchev–Trinajstić information content (AvgIpc) is 2.97. The Morgan fingerprint density at radius 1 is 1.16 bits per heavy atom. The molecule has 1 aliphatic rings. The maximum absolute atomic E-state index is 12.6. The van der Waals surface area contributed by atoms with Crippen LogP contribution < -0.4 is 10.5 Å². The van der Waals surface area contributed by atoms with E-state index in [4.69, 9.17) is 29.0 Å². The van der Waals surface area contributed by atoms with E-state index in [1.54, 1.807) is 18.2 Å². The monoisotopic (exact) mass is 495 g/mol. The summed E-state index contributed by atoms with van der Waals surface area (Å²) in [4.78, 5) is 26.7. The van der Waals surface area contributed by atoms with Gasteiger partial charge in [-0.3, -0.25) is 14.5 Å². The number of anilines is 1. The Hall–Kier alpha value is -2.24. The van der Waals surface area contributed by atoms with Gasteiger partial charge in [-0.05, 0) is 54.5 Å². The van der Waals surface area contributed by atoms with E-state index in [-0.39, 0.29) is 23.1 Å². The number of benzene rings is 2. The number of halogens is 1. The number of thiocarbonyl (C=S) groups is 1. The van der Waals surface area contributed by atoms with E-state index >= 15 is 0 Å². The second-order valence-corrected chi connectivity index (χ2v) is 10.3. The van der Waals surface area contributed by atoms with Gasteiger partial charge in [0, 0.05) is 23.7 Å². The Bertz CT molecular complexity index is 1150. The Labute approximate surface area is 194 Å². The summed E-state index contributed by atoms with van der Waals surface area (Å²) in [5.74, 6) is -0.450. The number of rotatable bonds is 7. The number of amides is 2. The van der Waals surface area contributed by atoms with E-state index in [9.17, 15) is 18.0 Å². The normalized spacial score (nSPS) is 15.5. The highest BCUT2D eigenvalue weighted by atomic mass is 35.5. The van der Waals surface area contributed by atoms with Crippen LogP contribution >= 0.6 is 35.6 Å². The van der Waals surface area contributed by atoms with Crippen LogP contribution in [0, 0.1) is 0 Å². The maximum atomic E-state index is 12.6. The standard InChI is InChI=1S/C20H18ClN3O4S3/c21-14-5-3-13(4-6-14)12-17-19(26)24(20(29)30-17)11-1-2-18(25)23-15-7-9-16(10-8-15)31(22,27)28/h3-10,12H,1-2,11H2,(H,23,25)(H2,22,27,28)/b17-12-. The van der Waals surface area contributed by atoms with Crippen LogP contribution in [0.15, 0.2) is 58.3 Å². The van der Waals surface area contributed by atoms with Crippen molar-refractivity contribution in [3.8, 4) is 0 Å². The number of sulfonamides is 1. The number of nitrogens with zero attached hydrogens (tertiary/aromatic N) is 1. The lowest BCUT2D eigenvalue weighted by Crippen LogP contribution is -2.29. The lowest BCUT2D eigenvalue weighted by molar-refractivity contribution is -0.122. The first kappa shape index (κ1) is 23.4. The van der Waals surface area contributed by atoms with E-state index in [2.05, 4.69) is 5.32 Å². The van der Waals surface area contributed by atoms with Crippen molar-refractivity contribution in [1.29, 1.82) is 0 Å². The first-order valence-corrected chi connectivity index (χ1v) is 12.2. The molecule has 2 aromatic rings. The van der Waals surface area contributed by atoms with Gasteiger partial charge in [0.2, 0.25) is 15.9 Å². The minimum atomic E-state index is -3.78. The minimum Gasteiger partial charge on any atom is -0.326 e. The number of hydrogen-bond acceptors (Lipinski definition) is 6. The van der Waals surface area contributed by atoms with Gasteiger partial charge in [-0.2, -0.15) is 0 Å². The van der Waals surface area contributed by atoms with E-state index in [0.717, 1.165) is 5.56 Å². The smallest absolute Gasteiger partial charge is 0.266 e. The average molecular weight is 496 g/mol. The molecule has 0 spiro atoms. The van der Waals surface area contributed by atoms with Gasteiger partial charge in [-0.1, -0.05) is 47.7 Å². The van der Waals surface area contributed by atoms with E-state index < -0.39 is 10.0 Å². The van der Waals surface area contributed by atoms with Gasteiger partial charge in [0.15, 0.2) is 0 Å². The summed E-state index contributed by atoms with van der Waals surface area (Å²) in [6.07, 6.45) is 2.35. The third kappa shape index (κ3) is 6.37. The van der Waals surface area contributed by atoms with Crippen molar-refractivity contribution in [2.24, 2.45) is 5.14 Å². The number of nitrogens with one attached hydrogen (secondary N) is 1. The SMILES string of the molecule is NS(=O)(=O)c1ccc(NC(=O)CCCN2C(=O)/C(=C/c3ccc(Cl)cc3)SC2=S)cc1. The van der Waals surface area contributed by atoms with Crippen molar-refractivity contribution in [1.82, 2.24) is 4.90 Å². The summed E-state index contributed by atoms with van der Waals surface area (Å²) in [6, 6.07) is 12.7. The molecular formula is C20H18ClN3O4S3. The fourth-order valence-electron chi connectivity index (χ4n) is 2.75.